The van der Waals surface area contributed by atoms with Gasteiger partial charge in [0.15, 0.2) is 0 Å². The molecule has 4 rings (SSSR count). The number of rotatable bonds is 9. The number of benzene rings is 2. The van der Waals surface area contributed by atoms with Crippen LogP contribution in [0.2, 0.25) is 0 Å². The molecule has 1 saturated carbocycles. The van der Waals surface area contributed by atoms with E-state index in [9.17, 15) is 29.1 Å². The molecule has 1 unspecified atom stereocenters. The Morgan fingerprint density at radius 1 is 0.783 bits per heavy atom. The maximum Gasteiger partial charge on any atom is 0.343 e. The number of ether oxygens (including phenoxy) is 6. The molecule has 2 bridgehead atoms. The Morgan fingerprint density at radius 2 is 1.37 bits per heavy atom. The van der Waals surface area contributed by atoms with Crippen LogP contribution in [-0.4, -0.2) is 76.1 Å². The van der Waals surface area contributed by atoms with Gasteiger partial charge in [-0.15, -0.1) is 0 Å². The van der Waals surface area contributed by atoms with Crippen molar-refractivity contribution in [2.45, 2.75) is 18.9 Å². The smallest absolute Gasteiger partial charge is 0.343 e. The molecule has 2 aromatic rings. The summed E-state index contributed by atoms with van der Waals surface area (Å²) in [5, 5.41) is 12.6. The van der Waals surface area contributed by atoms with E-state index in [0.717, 1.165) is 28.4 Å². The maximum atomic E-state index is 14.2. The van der Waals surface area contributed by atoms with Crippen LogP contribution in [-0.2, 0) is 47.7 Å². The van der Waals surface area contributed by atoms with Crippen molar-refractivity contribution in [1.29, 1.82) is 0 Å². The lowest BCUT2D eigenvalue weighted by Gasteiger charge is -2.55. The Hall–Kier alpha value is -4.97. The standard InChI is InChI=1S/C34H36O12/c1-18-16-23-24(30(36)42-3)28(27(33(39)45-6)34(40,25(18)31(37)43-4)26(23)32(38)44-5)46-29(35)22(17-19-10-8-7-9-11-19)20-12-14-21(41-2)15-13-20/h7-15,17-18,23,25-27,40H,16H2,1-6H3/t18-,23+,25-,26-,27?,34-/m1/s1. The molecule has 1 fully saturated rings. The van der Waals surface area contributed by atoms with Crippen molar-refractivity contribution in [2.24, 2.45) is 29.6 Å². The molecule has 2 aliphatic rings. The minimum atomic E-state index is -2.60. The average molecular weight is 637 g/mol. The zero-order chi connectivity index (χ0) is 33.8. The number of fused-ring (bicyclic) bond motifs is 2. The Morgan fingerprint density at radius 3 is 1.91 bits per heavy atom. The summed E-state index contributed by atoms with van der Waals surface area (Å²) >= 11 is 0. The fourth-order valence-electron chi connectivity index (χ4n) is 6.66. The molecule has 2 aromatic carbocycles. The molecule has 46 heavy (non-hydrogen) atoms. The minimum Gasteiger partial charge on any atom is -0.497 e. The van der Waals surface area contributed by atoms with Crippen LogP contribution in [0, 0.1) is 29.6 Å². The number of hydrogen-bond donors (Lipinski definition) is 1. The molecular weight excluding hydrogens is 600 g/mol. The quantitative estimate of drug-likeness (QED) is 0.186. The van der Waals surface area contributed by atoms with E-state index < -0.39 is 70.8 Å². The van der Waals surface area contributed by atoms with E-state index in [2.05, 4.69) is 0 Å². The van der Waals surface area contributed by atoms with Crippen LogP contribution in [0.1, 0.15) is 24.5 Å². The van der Waals surface area contributed by atoms with Gasteiger partial charge in [0, 0.05) is 5.92 Å². The topological polar surface area (TPSA) is 161 Å². The van der Waals surface area contributed by atoms with Crippen molar-refractivity contribution in [2.75, 3.05) is 35.5 Å². The number of aliphatic hydroxyl groups is 1. The van der Waals surface area contributed by atoms with E-state index in [-0.39, 0.29) is 17.6 Å². The first-order chi connectivity index (χ1) is 22.0. The van der Waals surface area contributed by atoms with Crippen LogP contribution in [0.5, 0.6) is 5.75 Å². The lowest BCUT2D eigenvalue weighted by atomic mass is 9.50. The molecule has 244 valence electrons. The number of esters is 5. The SMILES string of the molecule is COC(=O)C1=C(OC(=O)C(=Cc2ccccc2)c2ccc(OC)cc2)C(C(=O)OC)[C@@]2(O)[C@@H](C(=O)OC)[C@H](C)C[C@@H]1[C@@H]2C(=O)OC. The third-order valence-corrected chi connectivity index (χ3v) is 8.64. The zero-order valence-corrected chi connectivity index (χ0v) is 26.3. The predicted octanol–water partition coefficient (Wildman–Crippen LogP) is 2.97. The van der Waals surface area contributed by atoms with E-state index in [4.69, 9.17) is 28.4 Å². The van der Waals surface area contributed by atoms with Gasteiger partial charge in [-0.25, -0.2) is 9.59 Å². The first-order valence-electron chi connectivity index (χ1n) is 14.4. The molecule has 0 heterocycles. The highest BCUT2D eigenvalue weighted by molar-refractivity contribution is 6.22. The second-order valence-electron chi connectivity index (χ2n) is 11.0. The van der Waals surface area contributed by atoms with Crippen molar-refractivity contribution in [3.05, 3.63) is 77.1 Å². The second kappa shape index (κ2) is 14.0. The number of hydrogen-bond acceptors (Lipinski definition) is 12. The molecule has 2 aliphatic carbocycles. The van der Waals surface area contributed by atoms with Crippen LogP contribution in [0.3, 0.4) is 0 Å². The lowest BCUT2D eigenvalue weighted by Crippen LogP contribution is -2.68. The van der Waals surface area contributed by atoms with Crippen LogP contribution < -0.4 is 4.74 Å². The van der Waals surface area contributed by atoms with Gasteiger partial charge in [0.2, 0.25) is 0 Å². The lowest BCUT2D eigenvalue weighted by molar-refractivity contribution is -0.212. The van der Waals surface area contributed by atoms with Crippen molar-refractivity contribution in [1.82, 2.24) is 0 Å². The predicted molar refractivity (Wildman–Crippen MR) is 161 cm³/mol. The van der Waals surface area contributed by atoms with Gasteiger partial charge in [0.25, 0.3) is 0 Å². The van der Waals surface area contributed by atoms with E-state index >= 15 is 0 Å². The summed E-state index contributed by atoms with van der Waals surface area (Å²) in [7, 11) is 5.75. The van der Waals surface area contributed by atoms with Gasteiger partial charge in [0.05, 0.1) is 58.5 Å². The second-order valence-corrected chi connectivity index (χ2v) is 11.0. The summed E-state index contributed by atoms with van der Waals surface area (Å²) in [5.74, 6) is -12.3. The van der Waals surface area contributed by atoms with Crippen molar-refractivity contribution >= 4 is 41.5 Å². The van der Waals surface area contributed by atoms with Gasteiger partial charge in [-0.3, -0.25) is 14.4 Å². The summed E-state index contributed by atoms with van der Waals surface area (Å²) in [6.45, 7) is 1.61. The van der Waals surface area contributed by atoms with E-state index in [1.165, 1.54) is 7.11 Å². The highest BCUT2D eigenvalue weighted by Gasteiger charge is 2.71. The van der Waals surface area contributed by atoms with E-state index in [0.29, 0.717) is 16.9 Å². The first-order valence-corrected chi connectivity index (χ1v) is 14.4. The van der Waals surface area contributed by atoms with Gasteiger partial charge in [-0.05, 0) is 41.7 Å². The molecular formula is C34H36O12. The molecule has 0 saturated heterocycles. The Kier molecular flexibility index (Phi) is 10.3. The van der Waals surface area contributed by atoms with Gasteiger partial charge in [-0.1, -0.05) is 49.4 Å². The molecule has 0 aromatic heterocycles. The van der Waals surface area contributed by atoms with Crippen molar-refractivity contribution < 1.29 is 57.5 Å². The molecule has 6 atom stereocenters. The molecule has 0 amide bonds. The summed E-state index contributed by atoms with van der Waals surface area (Å²) < 4.78 is 31.3. The summed E-state index contributed by atoms with van der Waals surface area (Å²) in [6, 6.07) is 15.4. The Bertz CT molecular complexity index is 1560. The number of methoxy groups -OCH3 is 5. The van der Waals surface area contributed by atoms with Gasteiger partial charge >= 0.3 is 29.8 Å². The normalized spacial score (nSPS) is 25.5. The molecule has 0 radical (unpaired) electrons. The number of carbonyl (C=O) groups is 5. The van der Waals surface area contributed by atoms with Crippen LogP contribution in [0.4, 0.5) is 0 Å². The van der Waals surface area contributed by atoms with Gasteiger partial charge in [0.1, 0.15) is 23.0 Å². The molecule has 0 spiro atoms. The average Bonchev–Trinajstić information content (AvgIpc) is 3.06. The highest BCUT2D eigenvalue weighted by atomic mass is 16.6. The number of carbonyl (C=O) groups excluding carboxylic acids is 5. The van der Waals surface area contributed by atoms with E-state index in [1.807, 2.05) is 0 Å². The third-order valence-electron chi connectivity index (χ3n) is 8.64. The fraction of sp³-hybridized carbons (Fsp3) is 0.382. The summed E-state index contributed by atoms with van der Waals surface area (Å²) in [4.78, 5) is 67.9. The summed E-state index contributed by atoms with van der Waals surface area (Å²) in [6.07, 6.45) is 1.51. The van der Waals surface area contributed by atoms with E-state index in [1.54, 1.807) is 67.6 Å². The maximum absolute atomic E-state index is 14.2. The van der Waals surface area contributed by atoms with Gasteiger partial charge < -0.3 is 33.5 Å². The summed E-state index contributed by atoms with van der Waals surface area (Å²) in [5.41, 5.74) is -1.91. The molecule has 0 aliphatic heterocycles. The zero-order valence-electron chi connectivity index (χ0n) is 26.3. The molecule has 12 nitrogen and oxygen atoms in total. The monoisotopic (exact) mass is 636 g/mol. The van der Waals surface area contributed by atoms with Crippen molar-refractivity contribution in [3.63, 3.8) is 0 Å². The van der Waals surface area contributed by atoms with Crippen molar-refractivity contribution in [3.8, 4) is 5.75 Å². The van der Waals surface area contributed by atoms with Crippen LogP contribution in [0.15, 0.2) is 65.9 Å². The largest absolute Gasteiger partial charge is 0.497 e. The van der Waals surface area contributed by atoms with Crippen LogP contribution >= 0.6 is 0 Å². The van der Waals surface area contributed by atoms with Crippen LogP contribution in [0.25, 0.3) is 11.6 Å². The first kappa shape index (κ1) is 33.9. The molecule has 12 heteroatoms. The minimum absolute atomic E-state index is 0.0133. The third kappa shape index (κ3) is 6.00. The fourth-order valence-corrected chi connectivity index (χ4v) is 6.66. The molecule has 1 N–H and O–H groups in total. The Balaban J connectivity index is 2.00. The Labute approximate surface area is 265 Å². The highest BCUT2D eigenvalue weighted by Crippen LogP contribution is 2.58. The van der Waals surface area contributed by atoms with Gasteiger partial charge in [-0.2, -0.15) is 0 Å².